The van der Waals surface area contributed by atoms with Crippen LogP contribution in [0.1, 0.15) is 44.7 Å². The topological polar surface area (TPSA) is 61.4 Å². The van der Waals surface area contributed by atoms with Gasteiger partial charge in [-0.15, -0.1) is 0 Å². The number of carbonyl (C=O) groups excluding carboxylic acids is 1. The lowest BCUT2D eigenvalue weighted by Crippen LogP contribution is -2.24. The SMILES string of the molecule is CC(C)=Cc1ccc(NC(=O)C(C)C(C)c2ccccc2)cc1NO. The Morgan fingerprint density at radius 1 is 1.08 bits per heavy atom. The maximum absolute atomic E-state index is 12.6. The Labute approximate surface area is 149 Å². The van der Waals surface area contributed by atoms with Gasteiger partial charge in [-0.1, -0.05) is 61.9 Å². The highest BCUT2D eigenvalue weighted by atomic mass is 16.5. The van der Waals surface area contributed by atoms with E-state index in [1.54, 1.807) is 6.07 Å². The van der Waals surface area contributed by atoms with Gasteiger partial charge in [0.2, 0.25) is 5.91 Å². The van der Waals surface area contributed by atoms with Crippen molar-refractivity contribution in [3.05, 3.63) is 65.2 Å². The molecule has 0 saturated heterocycles. The summed E-state index contributed by atoms with van der Waals surface area (Å²) < 4.78 is 0. The van der Waals surface area contributed by atoms with Gasteiger partial charge in [-0.3, -0.25) is 15.5 Å². The van der Waals surface area contributed by atoms with Crippen LogP contribution in [0.3, 0.4) is 0 Å². The van der Waals surface area contributed by atoms with Gasteiger partial charge >= 0.3 is 0 Å². The fourth-order valence-electron chi connectivity index (χ4n) is 2.70. The van der Waals surface area contributed by atoms with Gasteiger partial charge in [0, 0.05) is 11.6 Å². The van der Waals surface area contributed by atoms with Crippen molar-refractivity contribution in [2.45, 2.75) is 33.6 Å². The number of rotatable bonds is 6. The summed E-state index contributed by atoms with van der Waals surface area (Å²) >= 11 is 0. The maximum atomic E-state index is 12.6. The fraction of sp³-hybridized carbons (Fsp3) is 0.286. The van der Waals surface area contributed by atoms with Crippen LogP contribution in [0.25, 0.3) is 6.08 Å². The smallest absolute Gasteiger partial charge is 0.227 e. The zero-order chi connectivity index (χ0) is 18.4. The molecule has 1 amide bonds. The van der Waals surface area contributed by atoms with Gasteiger partial charge in [-0.25, -0.2) is 0 Å². The van der Waals surface area contributed by atoms with Crippen molar-refractivity contribution in [2.75, 3.05) is 10.8 Å². The maximum Gasteiger partial charge on any atom is 0.227 e. The summed E-state index contributed by atoms with van der Waals surface area (Å²) in [6.07, 6.45) is 1.96. The van der Waals surface area contributed by atoms with Gasteiger partial charge in [-0.2, -0.15) is 0 Å². The summed E-state index contributed by atoms with van der Waals surface area (Å²) in [5, 5.41) is 12.3. The van der Waals surface area contributed by atoms with E-state index in [2.05, 4.69) is 17.7 Å². The monoisotopic (exact) mass is 338 g/mol. The second kappa shape index (κ2) is 8.49. The second-order valence-corrected chi connectivity index (χ2v) is 6.61. The zero-order valence-corrected chi connectivity index (χ0v) is 15.2. The minimum Gasteiger partial charge on any atom is -0.326 e. The van der Waals surface area contributed by atoms with Gasteiger partial charge in [0.05, 0.1) is 5.69 Å². The highest BCUT2D eigenvalue weighted by molar-refractivity contribution is 5.93. The highest BCUT2D eigenvalue weighted by Gasteiger charge is 2.21. The standard InChI is InChI=1S/C21H26N2O2/c1-14(2)12-18-10-11-19(13-20(18)23-25)22-21(24)16(4)15(3)17-8-6-5-7-9-17/h5-13,15-16,23,25H,1-4H3,(H,22,24). The lowest BCUT2D eigenvalue weighted by Gasteiger charge is -2.20. The van der Waals surface area contributed by atoms with Crippen molar-refractivity contribution >= 4 is 23.4 Å². The van der Waals surface area contributed by atoms with Crippen LogP contribution in [0.4, 0.5) is 11.4 Å². The zero-order valence-electron chi connectivity index (χ0n) is 15.2. The van der Waals surface area contributed by atoms with Crippen molar-refractivity contribution < 1.29 is 10.0 Å². The highest BCUT2D eigenvalue weighted by Crippen LogP contribution is 2.27. The average Bonchev–Trinajstić information content (AvgIpc) is 2.61. The van der Waals surface area contributed by atoms with Crippen LogP contribution in [-0.2, 0) is 4.79 Å². The molecule has 2 aromatic carbocycles. The van der Waals surface area contributed by atoms with Crippen molar-refractivity contribution in [1.82, 2.24) is 0 Å². The third-order valence-corrected chi connectivity index (χ3v) is 4.37. The molecule has 0 aromatic heterocycles. The quantitative estimate of drug-likeness (QED) is 0.627. The first-order valence-corrected chi connectivity index (χ1v) is 8.47. The molecule has 25 heavy (non-hydrogen) atoms. The number of hydrogen-bond acceptors (Lipinski definition) is 3. The molecule has 0 heterocycles. The van der Waals surface area contributed by atoms with Crippen LogP contribution in [0, 0.1) is 5.92 Å². The van der Waals surface area contributed by atoms with E-state index in [9.17, 15) is 10.0 Å². The van der Waals surface area contributed by atoms with Crippen LogP contribution in [0.5, 0.6) is 0 Å². The van der Waals surface area contributed by atoms with Crippen molar-refractivity contribution in [3.63, 3.8) is 0 Å². The third-order valence-electron chi connectivity index (χ3n) is 4.37. The van der Waals surface area contributed by atoms with Gasteiger partial charge in [-0.05, 0) is 43.0 Å². The first-order chi connectivity index (χ1) is 11.9. The average molecular weight is 338 g/mol. The minimum absolute atomic E-state index is 0.0461. The Morgan fingerprint density at radius 3 is 2.36 bits per heavy atom. The molecule has 0 aliphatic carbocycles. The molecule has 0 aliphatic heterocycles. The minimum atomic E-state index is -0.176. The molecule has 2 unspecified atom stereocenters. The van der Waals surface area contributed by atoms with Gasteiger partial charge < -0.3 is 5.32 Å². The molecule has 4 nitrogen and oxygen atoms in total. The molecule has 132 valence electrons. The van der Waals surface area contributed by atoms with Crippen molar-refractivity contribution in [2.24, 2.45) is 5.92 Å². The normalized spacial score (nSPS) is 12.8. The van der Waals surface area contributed by atoms with Crippen molar-refractivity contribution in [3.8, 4) is 0 Å². The van der Waals surface area contributed by atoms with Crippen LogP contribution in [0.15, 0.2) is 54.1 Å². The van der Waals surface area contributed by atoms with Crippen molar-refractivity contribution in [1.29, 1.82) is 0 Å². The largest absolute Gasteiger partial charge is 0.326 e. The van der Waals surface area contributed by atoms with E-state index < -0.39 is 0 Å². The summed E-state index contributed by atoms with van der Waals surface area (Å²) in [6.45, 7) is 7.96. The van der Waals surface area contributed by atoms with E-state index >= 15 is 0 Å². The molecule has 2 atom stereocenters. The predicted molar refractivity (Wildman–Crippen MR) is 104 cm³/mol. The first kappa shape index (κ1) is 18.7. The summed E-state index contributed by atoms with van der Waals surface area (Å²) in [5.41, 5.74) is 6.54. The molecule has 0 aliphatic rings. The molecule has 0 fully saturated rings. The number of benzene rings is 2. The molecule has 2 rings (SSSR count). The Morgan fingerprint density at radius 2 is 1.76 bits per heavy atom. The Bertz CT molecular complexity index is 750. The summed E-state index contributed by atoms with van der Waals surface area (Å²) in [4.78, 5) is 12.6. The van der Waals surface area contributed by atoms with E-state index in [4.69, 9.17) is 0 Å². The van der Waals surface area contributed by atoms with E-state index in [0.29, 0.717) is 11.4 Å². The first-order valence-electron chi connectivity index (χ1n) is 8.47. The third kappa shape index (κ3) is 4.94. The summed E-state index contributed by atoms with van der Waals surface area (Å²) in [7, 11) is 0. The molecule has 0 saturated carbocycles. The molecular weight excluding hydrogens is 312 g/mol. The number of nitrogens with one attached hydrogen (secondary N) is 2. The molecular formula is C21H26N2O2. The number of allylic oxidation sites excluding steroid dienone is 1. The van der Waals surface area contributed by atoms with E-state index in [1.165, 1.54) is 0 Å². The van der Waals surface area contributed by atoms with Gasteiger partial charge in [0.25, 0.3) is 0 Å². The summed E-state index contributed by atoms with van der Waals surface area (Å²) in [5.74, 6) is -0.109. The molecule has 4 heteroatoms. The van der Waals surface area contributed by atoms with E-state index in [0.717, 1.165) is 16.7 Å². The Balaban J connectivity index is 2.13. The lowest BCUT2D eigenvalue weighted by molar-refractivity contribution is -0.119. The van der Waals surface area contributed by atoms with E-state index in [-0.39, 0.29) is 17.7 Å². The van der Waals surface area contributed by atoms with Crippen LogP contribution in [-0.4, -0.2) is 11.1 Å². The second-order valence-electron chi connectivity index (χ2n) is 6.61. The lowest BCUT2D eigenvalue weighted by atomic mass is 9.88. The van der Waals surface area contributed by atoms with Gasteiger partial charge in [0.1, 0.15) is 0 Å². The molecule has 0 spiro atoms. The number of hydrogen-bond donors (Lipinski definition) is 3. The Kier molecular flexibility index (Phi) is 6.37. The number of carbonyl (C=O) groups is 1. The van der Waals surface area contributed by atoms with Crippen LogP contribution in [0.2, 0.25) is 0 Å². The molecule has 0 radical (unpaired) electrons. The number of anilines is 2. The van der Waals surface area contributed by atoms with Gasteiger partial charge in [0.15, 0.2) is 0 Å². The predicted octanol–water partition coefficient (Wildman–Crippen LogP) is 5.29. The Hall–Kier alpha value is -2.59. The molecule has 2 aromatic rings. The summed E-state index contributed by atoms with van der Waals surface area (Å²) in [6, 6.07) is 15.5. The van der Waals surface area contributed by atoms with Crippen LogP contribution >= 0.6 is 0 Å². The van der Waals surface area contributed by atoms with Crippen LogP contribution < -0.4 is 10.8 Å². The van der Waals surface area contributed by atoms with E-state index in [1.807, 2.05) is 69.3 Å². The fourth-order valence-corrected chi connectivity index (χ4v) is 2.70. The molecule has 3 N–H and O–H groups in total. The molecule has 0 bridgehead atoms. The number of amides is 1.